The second-order valence-electron chi connectivity index (χ2n) is 5.10. The van der Waals surface area contributed by atoms with E-state index in [2.05, 4.69) is 37.2 Å². The van der Waals surface area contributed by atoms with E-state index in [-0.39, 0.29) is 12.2 Å². The van der Waals surface area contributed by atoms with Crippen molar-refractivity contribution in [2.75, 3.05) is 11.9 Å². The van der Waals surface area contributed by atoms with Gasteiger partial charge in [0, 0.05) is 11.0 Å². The Kier molecular flexibility index (Phi) is 6.81. The molecule has 2 rings (SSSR count). The van der Waals surface area contributed by atoms with Gasteiger partial charge in [0.05, 0.1) is 16.6 Å². The molecule has 0 saturated heterocycles. The van der Waals surface area contributed by atoms with Crippen LogP contribution in [0.2, 0.25) is 0 Å². The summed E-state index contributed by atoms with van der Waals surface area (Å²) in [6.07, 6.45) is 1.32. The normalized spacial score (nSPS) is 11.2. The number of nitriles is 1. The number of thiophene rings is 1. The van der Waals surface area contributed by atoms with Crippen LogP contribution < -0.4 is 5.32 Å². The van der Waals surface area contributed by atoms with Gasteiger partial charge in [-0.05, 0) is 64.3 Å². The van der Waals surface area contributed by atoms with E-state index in [1.54, 1.807) is 19.9 Å². The van der Waals surface area contributed by atoms with Gasteiger partial charge in [-0.25, -0.2) is 4.79 Å². The molecule has 2 heterocycles. The number of ether oxygens (including phenoxy) is 1. The Morgan fingerprint density at radius 3 is 2.65 bits per heavy atom. The van der Waals surface area contributed by atoms with Crippen LogP contribution in [0.25, 0.3) is 6.08 Å². The Hall–Kier alpha value is -1.89. The van der Waals surface area contributed by atoms with Crippen LogP contribution in [0.5, 0.6) is 0 Å². The summed E-state index contributed by atoms with van der Waals surface area (Å²) in [6, 6.07) is 3.46. The van der Waals surface area contributed by atoms with E-state index < -0.39 is 11.9 Å². The van der Waals surface area contributed by atoms with E-state index in [1.165, 1.54) is 17.4 Å². The third-order valence-corrected chi connectivity index (χ3v) is 6.24. The van der Waals surface area contributed by atoms with E-state index in [4.69, 9.17) is 9.15 Å². The Balaban J connectivity index is 2.32. The Labute approximate surface area is 171 Å². The number of carbonyl (C=O) groups excluding carboxylic acids is 2. The fourth-order valence-corrected chi connectivity index (χ4v) is 3.71. The van der Waals surface area contributed by atoms with Crippen LogP contribution in [0, 0.1) is 25.2 Å². The summed E-state index contributed by atoms with van der Waals surface area (Å²) in [5.74, 6) is -0.811. The van der Waals surface area contributed by atoms with Gasteiger partial charge in [0.25, 0.3) is 5.91 Å². The number of nitrogens with zero attached hydrogens (tertiary/aromatic N) is 1. The molecule has 0 aliphatic heterocycles. The lowest BCUT2D eigenvalue weighted by Crippen LogP contribution is -2.16. The molecule has 0 bridgehead atoms. The molecule has 0 aromatic carbocycles. The molecule has 26 heavy (non-hydrogen) atoms. The monoisotopic (exact) mass is 500 g/mol. The minimum Gasteiger partial charge on any atom is -0.462 e. The SMILES string of the molecule is CCOC(=O)c1c(NC(=O)/C(C#N)=C/c2cc(Br)c(Br)o2)sc(C)c1C. The number of hydrogen-bond donors (Lipinski definition) is 1. The lowest BCUT2D eigenvalue weighted by molar-refractivity contribution is -0.112. The molecular weight excluding hydrogens is 488 g/mol. The molecule has 0 atom stereocenters. The van der Waals surface area contributed by atoms with E-state index in [9.17, 15) is 14.9 Å². The predicted molar refractivity (Wildman–Crippen MR) is 106 cm³/mol. The molecule has 1 N–H and O–H groups in total. The number of carbonyl (C=O) groups is 2. The number of amides is 1. The molecule has 0 aliphatic rings. The van der Waals surface area contributed by atoms with Crippen LogP contribution in [0.15, 0.2) is 25.2 Å². The molecular formula is C17H14Br2N2O4S. The van der Waals surface area contributed by atoms with Crippen molar-refractivity contribution in [2.24, 2.45) is 0 Å². The molecule has 6 nitrogen and oxygen atoms in total. The molecule has 1 amide bonds. The number of aryl methyl sites for hydroxylation is 1. The summed E-state index contributed by atoms with van der Waals surface area (Å²) in [6.45, 7) is 5.57. The lowest BCUT2D eigenvalue weighted by atomic mass is 10.1. The number of halogens is 2. The topological polar surface area (TPSA) is 92.3 Å². The van der Waals surface area contributed by atoms with Gasteiger partial charge in [-0.2, -0.15) is 5.26 Å². The maximum absolute atomic E-state index is 12.5. The van der Waals surface area contributed by atoms with Crippen molar-refractivity contribution >= 4 is 66.2 Å². The minimum atomic E-state index is -0.636. The van der Waals surface area contributed by atoms with E-state index in [0.29, 0.717) is 25.5 Å². The van der Waals surface area contributed by atoms with Gasteiger partial charge in [0.2, 0.25) is 0 Å². The predicted octanol–water partition coefficient (Wildman–Crippen LogP) is 5.21. The van der Waals surface area contributed by atoms with E-state index in [0.717, 1.165) is 10.4 Å². The number of esters is 1. The molecule has 0 unspecified atom stereocenters. The quantitative estimate of drug-likeness (QED) is 0.345. The summed E-state index contributed by atoms with van der Waals surface area (Å²) in [4.78, 5) is 25.5. The van der Waals surface area contributed by atoms with Gasteiger partial charge < -0.3 is 14.5 Å². The van der Waals surface area contributed by atoms with E-state index in [1.807, 2.05) is 13.0 Å². The zero-order valence-electron chi connectivity index (χ0n) is 14.1. The zero-order valence-corrected chi connectivity index (χ0v) is 18.1. The third kappa shape index (κ3) is 4.44. The third-order valence-electron chi connectivity index (χ3n) is 3.41. The molecule has 9 heteroatoms. The highest BCUT2D eigenvalue weighted by Gasteiger charge is 2.23. The average molecular weight is 502 g/mol. The van der Waals surface area contributed by atoms with Crippen LogP contribution in [0.3, 0.4) is 0 Å². The Morgan fingerprint density at radius 1 is 1.42 bits per heavy atom. The molecule has 2 aromatic rings. The number of hydrogen-bond acceptors (Lipinski definition) is 6. The van der Waals surface area contributed by atoms with Crippen molar-refractivity contribution in [3.63, 3.8) is 0 Å². The lowest BCUT2D eigenvalue weighted by Gasteiger charge is -2.06. The molecule has 0 saturated carbocycles. The van der Waals surface area contributed by atoms with Crippen LogP contribution >= 0.6 is 43.2 Å². The van der Waals surface area contributed by atoms with Crippen LogP contribution in [0.1, 0.15) is 33.5 Å². The first kappa shape index (κ1) is 20.4. The molecule has 0 aliphatic carbocycles. The molecule has 0 fully saturated rings. The van der Waals surface area contributed by atoms with Gasteiger partial charge in [-0.15, -0.1) is 11.3 Å². The zero-order chi connectivity index (χ0) is 19.4. The van der Waals surface area contributed by atoms with Crippen molar-refractivity contribution in [2.45, 2.75) is 20.8 Å². The van der Waals surface area contributed by atoms with Gasteiger partial charge in [0.15, 0.2) is 4.67 Å². The molecule has 136 valence electrons. The van der Waals surface area contributed by atoms with Gasteiger partial charge in [0.1, 0.15) is 22.4 Å². The summed E-state index contributed by atoms with van der Waals surface area (Å²) in [7, 11) is 0. The minimum absolute atomic E-state index is 0.155. The fraction of sp³-hybridized carbons (Fsp3) is 0.235. The highest BCUT2D eigenvalue weighted by atomic mass is 79.9. The van der Waals surface area contributed by atoms with Crippen LogP contribution in [-0.2, 0) is 9.53 Å². The van der Waals surface area contributed by atoms with Gasteiger partial charge in [-0.1, -0.05) is 0 Å². The van der Waals surface area contributed by atoms with Crippen molar-refractivity contribution in [3.8, 4) is 6.07 Å². The Bertz CT molecular complexity index is 918. The van der Waals surface area contributed by atoms with Gasteiger partial charge in [-0.3, -0.25) is 4.79 Å². The second-order valence-corrected chi connectivity index (χ2v) is 7.90. The average Bonchev–Trinajstić information content (AvgIpc) is 3.04. The van der Waals surface area contributed by atoms with Crippen LogP contribution in [0.4, 0.5) is 5.00 Å². The smallest absolute Gasteiger partial charge is 0.341 e. The van der Waals surface area contributed by atoms with Gasteiger partial charge >= 0.3 is 5.97 Å². The number of anilines is 1. The van der Waals surface area contributed by atoms with Crippen molar-refractivity contribution in [3.05, 3.63) is 42.5 Å². The standard InChI is InChI=1S/C17H14Br2N2O4S/c1-4-24-17(23)13-8(2)9(3)26-16(13)21-15(22)10(7-20)5-11-6-12(18)14(19)25-11/h5-6H,4H2,1-3H3,(H,21,22)/b10-5+. The first-order valence-electron chi connectivity index (χ1n) is 7.43. The van der Waals surface area contributed by atoms with Crippen molar-refractivity contribution in [1.29, 1.82) is 5.26 Å². The Morgan fingerprint density at radius 2 is 2.12 bits per heavy atom. The number of furan rings is 1. The number of nitrogens with one attached hydrogen (secondary N) is 1. The number of rotatable bonds is 5. The second kappa shape index (κ2) is 8.66. The highest BCUT2D eigenvalue weighted by molar-refractivity contribution is 9.13. The molecule has 0 spiro atoms. The first-order valence-corrected chi connectivity index (χ1v) is 9.83. The van der Waals surface area contributed by atoms with Crippen LogP contribution in [-0.4, -0.2) is 18.5 Å². The maximum Gasteiger partial charge on any atom is 0.341 e. The summed E-state index contributed by atoms with van der Waals surface area (Å²) in [5, 5.41) is 12.3. The first-order chi connectivity index (χ1) is 12.3. The largest absolute Gasteiger partial charge is 0.462 e. The van der Waals surface area contributed by atoms with Crippen molar-refractivity contribution in [1.82, 2.24) is 0 Å². The summed E-state index contributed by atoms with van der Waals surface area (Å²) >= 11 is 7.72. The molecule has 2 aromatic heterocycles. The fourth-order valence-electron chi connectivity index (χ4n) is 2.06. The van der Waals surface area contributed by atoms with E-state index >= 15 is 0 Å². The highest BCUT2D eigenvalue weighted by Crippen LogP contribution is 2.33. The summed E-state index contributed by atoms with van der Waals surface area (Å²) in [5.41, 5.74) is 0.894. The van der Waals surface area contributed by atoms with Crippen molar-refractivity contribution < 1.29 is 18.7 Å². The molecule has 0 radical (unpaired) electrons. The summed E-state index contributed by atoms with van der Waals surface area (Å²) < 4.78 is 11.5. The maximum atomic E-state index is 12.5.